The molecule has 0 saturated heterocycles. The summed E-state index contributed by atoms with van der Waals surface area (Å²) in [6.45, 7) is 6.08. The van der Waals surface area contributed by atoms with E-state index in [9.17, 15) is 13.7 Å². The standard InChI is InChI=1S/C19H21FN2O.C8H10OS.H3N/c1-12(23)17-8-3-14-9-18-13(10-19(14,17)2)11-21-22(18)16-6-4-15(20)5-7-16;1-2-10(9)8-6-4-3-5-7-8;/h4-7,9,11-12,17,23H,3,8,10H2,1-2H3;3-7H,2H2,1H3;1H3. The van der Waals surface area contributed by atoms with Crippen LogP contribution in [0.25, 0.3) is 11.8 Å². The number of hydrogen-bond donors (Lipinski definition) is 2. The van der Waals surface area contributed by atoms with Gasteiger partial charge in [-0.15, -0.1) is 0 Å². The molecule has 5 rings (SSSR count). The van der Waals surface area contributed by atoms with Gasteiger partial charge in [0.15, 0.2) is 0 Å². The lowest BCUT2D eigenvalue weighted by atomic mass is 9.68. The first-order valence-electron chi connectivity index (χ1n) is 11.5. The number of fused-ring (bicyclic) bond motifs is 2. The van der Waals surface area contributed by atoms with Crippen molar-refractivity contribution < 1.29 is 13.7 Å². The minimum atomic E-state index is -0.790. The van der Waals surface area contributed by atoms with E-state index in [1.54, 1.807) is 12.1 Å². The molecule has 5 nitrogen and oxygen atoms in total. The number of benzene rings is 2. The monoisotopic (exact) mass is 483 g/mol. The molecule has 4 N–H and O–H groups in total. The van der Waals surface area contributed by atoms with E-state index < -0.39 is 10.8 Å². The highest BCUT2D eigenvalue weighted by Crippen LogP contribution is 2.54. The molecule has 1 aromatic heterocycles. The van der Waals surface area contributed by atoms with Crippen molar-refractivity contribution in [1.29, 1.82) is 0 Å². The first kappa shape index (κ1) is 26.0. The van der Waals surface area contributed by atoms with E-state index in [1.807, 2.05) is 55.1 Å². The second kappa shape index (κ2) is 10.8. The first-order chi connectivity index (χ1) is 15.8. The highest BCUT2D eigenvalue weighted by molar-refractivity contribution is 7.85. The minimum Gasteiger partial charge on any atom is -0.393 e. The molecule has 4 atom stereocenters. The van der Waals surface area contributed by atoms with Gasteiger partial charge in [0.2, 0.25) is 0 Å². The number of hydrogen-bond acceptors (Lipinski definition) is 4. The molecule has 2 aromatic carbocycles. The maximum atomic E-state index is 13.1. The molecule has 0 radical (unpaired) electrons. The third kappa shape index (κ3) is 5.06. The maximum Gasteiger partial charge on any atom is 0.123 e. The molecule has 2 aliphatic carbocycles. The van der Waals surface area contributed by atoms with Crippen molar-refractivity contribution >= 4 is 16.9 Å². The summed E-state index contributed by atoms with van der Waals surface area (Å²) in [5, 5.41) is 14.6. The summed E-state index contributed by atoms with van der Waals surface area (Å²) in [7, 11) is -0.790. The van der Waals surface area contributed by atoms with Crippen molar-refractivity contribution in [3.8, 4) is 5.69 Å². The lowest BCUT2D eigenvalue weighted by Gasteiger charge is -2.37. The fraction of sp³-hybridized carbons (Fsp3) is 0.370. The van der Waals surface area contributed by atoms with Gasteiger partial charge in [-0.05, 0) is 85.6 Å². The van der Waals surface area contributed by atoms with Crippen LogP contribution in [-0.2, 0) is 17.2 Å². The molecule has 1 fully saturated rings. The van der Waals surface area contributed by atoms with Gasteiger partial charge in [0.1, 0.15) is 5.82 Å². The number of allylic oxidation sites excluding steroid dienone is 1. The maximum absolute atomic E-state index is 13.1. The Labute approximate surface area is 203 Å². The second-order valence-corrected chi connectivity index (χ2v) is 10.8. The van der Waals surface area contributed by atoms with E-state index in [4.69, 9.17) is 0 Å². The van der Waals surface area contributed by atoms with E-state index in [0.29, 0.717) is 11.7 Å². The average Bonchev–Trinajstić information content (AvgIpc) is 3.38. The molecule has 1 saturated carbocycles. The Morgan fingerprint density at radius 3 is 2.50 bits per heavy atom. The molecule has 7 heteroatoms. The summed E-state index contributed by atoms with van der Waals surface area (Å²) in [4.78, 5) is 0.921. The molecule has 0 spiro atoms. The molecule has 1 heterocycles. The number of halogens is 1. The molecular weight excluding hydrogens is 449 g/mol. The van der Waals surface area contributed by atoms with Gasteiger partial charge in [-0.1, -0.05) is 37.6 Å². The van der Waals surface area contributed by atoms with Crippen LogP contribution < -0.4 is 6.15 Å². The van der Waals surface area contributed by atoms with Crippen molar-refractivity contribution in [2.45, 2.75) is 51.0 Å². The number of aromatic nitrogens is 2. The summed E-state index contributed by atoms with van der Waals surface area (Å²) in [5.41, 5.74) is 4.60. The fourth-order valence-corrected chi connectivity index (χ4v) is 5.97. The molecule has 4 unspecified atom stereocenters. The molecule has 2 aliphatic rings. The van der Waals surface area contributed by atoms with Gasteiger partial charge < -0.3 is 11.3 Å². The van der Waals surface area contributed by atoms with Crippen molar-refractivity contribution in [3.63, 3.8) is 0 Å². The Kier molecular flexibility index (Phi) is 8.23. The Morgan fingerprint density at radius 1 is 1.21 bits per heavy atom. The molecular formula is C27H34FN3O2S. The third-order valence-corrected chi connectivity index (χ3v) is 8.28. The largest absolute Gasteiger partial charge is 0.393 e. The predicted molar refractivity (Wildman–Crippen MR) is 136 cm³/mol. The van der Waals surface area contributed by atoms with Crippen molar-refractivity contribution in [2.75, 3.05) is 5.75 Å². The SMILES string of the molecule is CC(O)C1CCC2=Cc3c(cnn3-c3ccc(F)cc3)CC21C.CCS(=O)c1ccccc1.N. The van der Waals surface area contributed by atoms with Crippen LogP contribution in [0.15, 0.2) is 71.3 Å². The van der Waals surface area contributed by atoms with Gasteiger partial charge in [0.25, 0.3) is 0 Å². The number of nitrogens with zero attached hydrogens (tertiary/aromatic N) is 2. The van der Waals surface area contributed by atoms with E-state index in [2.05, 4.69) is 18.1 Å². The van der Waals surface area contributed by atoms with Crippen LogP contribution in [0, 0.1) is 17.2 Å². The molecule has 0 aliphatic heterocycles. The Morgan fingerprint density at radius 2 is 1.88 bits per heavy atom. The smallest absolute Gasteiger partial charge is 0.123 e. The topological polar surface area (TPSA) is 90.1 Å². The van der Waals surface area contributed by atoms with Crippen LogP contribution in [-0.4, -0.2) is 31.0 Å². The quantitative estimate of drug-likeness (QED) is 0.496. The minimum absolute atomic E-state index is 0. The van der Waals surface area contributed by atoms with Gasteiger partial charge in [0.05, 0.1) is 34.5 Å². The van der Waals surface area contributed by atoms with Gasteiger partial charge in [-0.2, -0.15) is 5.10 Å². The van der Waals surface area contributed by atoms with Gasteiger partial charge >= 0.3 is 0 Å². The van der Waals surface area contributed by atoms with Crippen molar-refractivity contribution in [2.24, 2.45) is 11.3 Å². The van der Waals surface area contributed by atoms with Crippen LogP contribution in [0.3, 0.4) is 0 Å². The van der Waals surface area contributed by atoms with Crippen LogP contribution in [0.1, 0.15) is 44.9 Å². The molecule has 0 bridgehead atoms. The Balaban J connectivity index is 0.000000250. The van der Waals surface area contributed by atoms with E-state index in [-0.39, 0.29) is 23.5 Å². The van der Waals surface area contributed by atoms with E-state index >= 15 is 0 Å². The Bertz CT molecular complexity index is 1160. The number of aliphatic hydroxyl groups excluding tert-OH is 1. The average molecular weight is 484 g/mol. The zero-order valence-corrected chi connectivity index (χ0v) is 20.9. The van der Waals surface area contributed by atoms with Crippen LogP contribution in [0.5, 0.6) is 0 Å². The Hall–Kier alpha value is -2.61. The molecule has 182 valence electrons. The first-order valence-corrected chi connectivity index (χ1v) is 12.8. The third-order valence-electron chi connectivity index (χ3n) is 6.95. The zero-order chi connectivity index (χ0) is 23.6. The number of rotatable bonds is 4. The fourth-order valence-electron chi connectivity index (χ4n) is 5.18. The van der Waals surface area contributed by atoms with Crippen molar-refractivity contribution in [3.05, 3.63) is 83.4 Å². The molecule has 0 amide bonds. The molecule has 34 heavy (non-hydrogen) atoms. The number of aliphatic hydroxyl groups is 1. The van der Waals surface area contributed by atoms with Crippen LogP contribution in [0.2, 0.25) is 0 Å². The van der Waals surface area contributed by atoms with E-state index in [0.717, 1.165) is 35.5 Å². The highest BCUT2D eigenvalue weighted by atomic mass is 32.2. The predicted octanol–water partition coefficient (Wildman–Crippen LogP) is 5.72. The lowest BCUT2D eigenvalue weighted by Crippen LogP contribution is -2.34. The summed E-state index contributed by atoms with van der Waals surface area (Å²) < 4.78 is 26.2. The summed E-state index contributed by atoms with van der Waals surface area (Å²) in [6.07, 6.45) is 6.82. The summed E-state index contributed by atoms with van der Waals surface area (Å²) in [6, 6.07) is 15.9. The van der Waals surface area contributed by atoms with E-state index in [1.165, 1.54) is 23.3 Å². The second-order valence-electron chi connectivity index (χ2n) is 9.04. The van der Waals surface area contributed by atoms with Crippen LogP contribution in [0.4, 0.5) is 4.39 Å². The van der Waals surface area contributed by atoms with Gasteiger partial charge in [-0.3, -0.25) is 4.21 Å². The zero-order valence-electron chi connectivity index (χ0n) is 20.1. The van der Waals surface area contributed by atoms with Crippen LogP contribution >= 0.6 is 0 Å². The van der Waals surface area contributed by atoms with Crippen molar-refractivity contribution in [1.82, 2.24) is 15.9 Å². The summed E-state index contributed by atoms with van der Waals surface area (Å²) in [5.74, 6) is 0.761. The molecule has 3 aromatic rings. The highest BCUT2D eigenvalue weighted by Gasteiger charge is 2.47. The lowest BCUT2D eigenvalue weighted by molar-refractivity contribution is 0.0708. The van der Waals surface area contributed by atoms with Gasteiger partial charge in [0, 0.05) is 10.6 Å². The van der Waals surface area contributed by atoms with Gasteiger partial charge in [-0.25, -0.2) is 9.07 Å². The normalized spacial score (nSPS) is 22.3. The summed E-state index contributed by atoms with van der Waals surface area (Å²) >= 11 is 0.